The quantitative estimate of drug-likeness (QED) is 0.217. The molecule has 0 fully saturated rings. The highest BCUT2D eigenvalue weighted by atomic mass is 15.0. The number of benzene rings is 5. The van der Waals surface area contributed by atoms with Crippen molar-refractivity contribution in [3.63, 3.8) is 0 Å². The maximum absolute atomic E-state index is 10.0. The number of aryl methyl sites for hydroxylation is 4. The van der Waals surface area contributed by atoms with Crippen molar-refractivity contribution in [2.45, 2.75) is 27.7 Å². The molecule has 5 heteroatoms. The third-order valence-corrected chi connectivity index (χ3v) is 8.16. The number of hydrogen-bond donors (Lipinski definition) is 0. The summed E-state index contributed by atoms with van der Waals surface area (Å²) in [6.07, 6.45) is 0. The maximum atomic E-state index is 10.0. The van der Waals surface area contributed by atoms with Gasteiger partial charge in [0, 0.05) is 22.0 Å². The normalized spacial score (nSPS) is 11.2. The lowest BCUT2D eigenvalue weighted by Gasteiger charge is -2.13. The second-order valence-corrected chi connectivity index (χ2v) is 11.0. The number of nitrogens with zero attached hydrogens (tertiary/aromatic N) is 5. The van der Waals surface area contributed by atoms with E-state index in [-0.39, 0.29) is 0 Å². The van der Waals surface area contributed by atoms with E-state index < -0.39 is 0 Å². The molecule has 5 aromatic carbocycles. The summed E-state index contributed by atoms with van der Waals surface area (Å²) in [6.45, 7) is 7.99. The zero-order valence-electron chi connectivity index (χ0n) is 24.6. The lowest BCUT2D eigenvalue weighted by molar-refractivity contribution is 0.927. The zero-order valence-corrected chi connectivity index (χ0v) is 24.6. The van der Waals surface area contributed by atoms with Crippen LogP contribution in [0.2, 0.25) is 0 Å². The first-order valence-corrected chi connectivity index (χ1v) is 14.4. The van der Waals surface area contributed by atoms with Crippen LogP contribution in [-0.4, -0.2) is 19.5 Å². The SMILES string of the molecule is Cc1nc(C)nc(-c2cc(-n3c4cc(-c5ccccc5C)ccc4c4ccc(-c5ccccc5C)cc43)ccc2C#N)n1. The fraction of sp³-hybridized carbons (Fsp3) is 0.105. The summed E-state index contributed by atoms with van der Waals surface area (Å²) in [4.78, 5) is 13.6. The highest BCUT2D eigenvalue weighted by molar-refractivity contribution is 6.11. The molecule has 0 aliphatic heterocycles. The van der Waals surface area contributed by atoms with Crippen molar-refractivity contribution in [1.82, 2.24) is 19.5 Å². The molecule has 0 aliphatic rings. The van der Waals surface area contributed by atoms with Gasteiger partial charge in [-0.2, -0.15) is 5.26 Å². The summed E-state index contributed by atoms with van der Waals surface area (Å²) in [5.74, 6) is 1.75. The fourth-order valence-electron chi connectivity index (χ4n) is 6.12. The van der Waals surface area contributed by atoms with Crippen LogP contribution in [0.25, 0.3) is 61.1 Å². The first-order valence-electron chi connectivity index (χ1n) is 14.4. The van der Waals surface area contributed by atoms with Gasteiger partial charge in [-0.15, -0.1) is 0 Å². The van der Waals surface area contributed by atoms with Crippen molar-refractivity contribution >= 4 is 21.8 Å². The van der Waals surface area contributed by atoms with Crippen LogP contribution < -0.4 is 0 Å². The Bertz CT molecular complexity index is 2130. The Hall–Kier alpha value is -5.60. The van der Waals surface area contributed by atoms with Crippen molar-refractivity contribution in [2.75, 3.05) is 0 Å². The Balaban J connectivity index is 1.55. The zero-order chi connectivity index (χ0) is 29.7. The lowest BCUT2D eigenvalue weighted by Crippen LogP contribution is -2.02. The molecule has 0 aliphatic carbocycles. The molecule has 2 aromatic heterocycles. The highest BCUT2D eigenvalue weighted by Crippen LogP contribution is 2.38. The van der Waals surface area contributed by atoms with Crippen LogP contribution in [0.3, 0.4) is 0 Å². The van der Waals surface area contributed by atoms with Crippen LogP contribution in [0.15, 0.2) is 103 Å². The molecular formula is C38H29N5. The second kappa shape index (κ2) is 10.3. The fourth-order valence-corrected chi connectivity index (χ4v) is 6.12. The van der Waals surface area contributed by atoms with E-state index in [2.05, 4.69) is 124 Å². The standard InChI is InChI=1S/C38H29N5/c1-23-9-5-7-11-31(23)27-14-17-33-34-18-15-28(32-12-8-6-10-24(32)2)20-37(34)43(36(33)19-27)30-16-13-29(22-39)35(21-30)38-41-25(3)40-26(4)42-38/h5-21H,1-4H3. The minimum Gasteiger partial charge on any atom is -0.309 e. The van der Waals surface area contributed by atoms with E-state index in [0.717, 1.165) is 27.8 Å². The van der Waals surface area contributed by atoms with Crippen molar-refractivity contribution in [1.29, 1.82) is 5.26 Å². The Morgan fingerprint density at radius 2 is 1.09 bits per heavy atom. The number of rotatable bonds is 4. The van der Waals surface area contributed by atoms with Crippen LogP contribution in [0.5, 0.6) is 0 Å². The number of hydrogen-bond acceptors (Lipinski definition) is 4. The largest absolute Gasteiger partial charge is 0.309 e. The van der Waals surface area contributed by atoms with E-state index >= 15 is 0 Å². The summed E-state index contributed by atoms with van der Waals surface area (Å²) in [5.41, 5.74) is 11.5. The topological polar surface area (TPSA) is 67.4 Å². The van der Waals surface area contributed by atoms with E-state index in [1.807, 2.05) is 32.0 Å². The predicted octanol–water partition coefficient (Wildman–Crippen LogP) is 9.08. The van der Waals surface area contributed by atoms with E-state index in [1.54, 1.807) is 0 Å². The van der Waals surface area contributed by atoms with Crippen molar-refractivity contribution in [3.8, 4) is 45.4 Å². The molecule has 0 bridgehead atoms. The number of nitriles is 1. The molecule has 2 heterocycles. The summed E-state index contributed by atoms with van der Waals surface area (Å²) >= 11 is 0. The Morgan fingerprint density at radius 3 is 1.60 bits per heavy atom. The highest BCUT2D eigenvalue weighted by Gasteiger charge is 2.18. The smallest absolute Gasteiger partial charge is 0.164 e. The van der Waals surface area contributed by atoms with Crippen LogP contribution in [0.1, 0.15) is 28.3 Å². The van der Waals surface area contributed by atoms with E-state index in [4.69, 9.17) is 0 Å². The molecule has 7 rings (SSSR count). The van der Waals surface area contributed by atoms with Crippen molar-refractivity contribution in [2.24, 2.45) is 0 Å². The van der Waals surface area contributed by atoms with Gasteiger partial charge in [-0.3, -0.25) is 0 Å². The van der Waals surface area contributed by atoms with Crippen LogP contribution >= 0.6 is 0 Å². The molecule has 0 N–H and O–H groups in total. The van der Waals surface area contributed by atoms with Gasteiger partial charge in [-0.05, 0) is 91.4 Å². The van der Waals surface area contributed by atoms with Crippen LogP contribution in [0, 0.1) is 39.0 Å². The lowest BCUT2D eigenvalue weighted by atomic mass is 9.98. The molecule has 0 atom stereocenters. The van der Waals surface area contributed by atoms with Gasteiger partial charge in [0.15, 0.2) is 5.82 Å². The molecule has 43 heavy (non-hydrogen) atoms. The molecule has 0 saturated heterocycles. The molecule has 206 valence electrons. The first kappa shape index (κ1) is 26.3. The van der Waals surface area contributed by atoms with E-state index in [9.17, 15) is 5.26 Å². The molecule has 0 radical (unpaired) electrons. The number of fused-ring (bicyclic) bond motifs is 3. The van der Waals surface area contributed by atoms with Crippen molar-refractivity contribution in [3.05, 3.63) is 131 Å². The first-order chi connectivity index (χ1) is 20.9. The molecule has 0 amide bonds. The van der Waals surface area contributed by atoms with Crippen LogP contribution in [-0.2, 0) is 0 Å². The molecule has 0 spiro atoms. The van der Waals surface area contributed by atoms with E-state index in [1.165, 1.54) is 33.0 Å². The van der Waals surface area contributed by atoms with Gasteiger partial charge in [0.05, 0.1) is 22.7 Å². The Kier molecular flexibility index (Phi) is 6.33. The molecule has 0 unspecified atom stereocenters. The van der Waals surface area contributed by atoms with E-state index in [0.29, 0.717) is 28.6 Å². The average Bonchev–Trinajstić information content (AvgIpc) is 3.33. The maximum Gasteiger partial charge on any atom is 0.164 e. The summed E-state index contributed by atoms with van der Waals surface area (Å²) < 4.78 is 2.31. The molecule has 7 aromatic rings. The van der Waals surface area contributed by atoms with Gasteiger partial charge in [0.1, 0.15) is 11.6 Å². The summed E-state index contributed by atoms with van der Waals surface area (Å²) in [7, 11) is 0. The summed E-state index contributed by atoms with van der Waals surface area (Å²) in [5, 5.41) is 12.4. The Morgan fingerprint density at radius 1 is 0.558 bits per heavy atom. The van der Waals surface area contributed by atoms with Gasteiger partial charge in [0.25, 0.3) is 0 Å². The average molecular weight is 556 g/mol. The third kappa shape index (κ3) is 4.54. The minimum atomic E-state index is 0.505. The van der Waals surface area contributed by atoms with Gasteiger partial charge in [-0.1, -0.05) is 72.8 Å². The molecule has 5 nitrogen and oxygen atoms in total. The van der Waals surface area contributed by atoms with Gasteiger partial charge in [0.2, 0.25) is 0 Å². The summed E-state index contributed by atoms with van der Waals surface area (Å²) in [6, 6.07) is 38.7. The second-order valence-electron chi connectivity index (χ2n) is 11.0. The van der Waals surface area contributed by atoms with Crippen LogP contribution in [0.4, 0.5) is 0 Å². The monoisotopic (exact) mass is 555 g/mol. The number of aromatic nitrogens is 4. The van der Waals surface area contributed by atoms with Gasteiger partial charge >= 0.3 is 0 Å². The minimum absolute atomic E-state index is 0.505. The van der Waals surface area contributed by atoms with Gasteiger partial charge in [-0.25, -0.2) is 15.0 Å². The third-order valence-electron chi connectivity index (χ3n) is 8.16. The van der Waals surface area contributed by atoms with Gasteiger partial charge < -0.3 is 4.57 Å². The molecule has 0 saturated carbocycles. The Labute approximate surface area is 250 Å². The predicted molar refractivity (Wildman–Crippen MR) is 174 cm³/mol. The molecular weight excluding hydrogens is 526 g/mol. The van der Waals surface area contributed by atoms with Crippen molar-refractivity contribution < 1.29 is 0 Å².